The summed E-state index contributed by atoms with van der Waals surface area (Å²) in [5, 5.41) is 8.49. The number of hydrogen-bond donors (Lipinski definition) is 3. The molecule has 11 nitrogen and oxygen atoms in total. The molecule has 0 saturated carbocycles. The fourth-order valence-corrected chi connectivity index (χ4v) is 3.22. The highest BCUT2D eigenvalue weighted by molar-refractivity contribution is 8.20. The lowest BCUT2D eigenvalue weighted by molar-refractivity contribution is -0.0202. The Balaban J connectivity index is 0.000000801. The summed E-state index contributed by atoms with van der Waals surface area (Å²) < 4.78 is 60.1. The number of aliphatic hydroxyl groups excluding tert-OH is 1. The molecule has 0 aliphatic heterocycles. The van der Waals surface area contributed by atoms with E-state index < -0.39 is 10.9 Å². The molecule has 1 aromatic carbocycles. The van der Waals surface area contributed by atoms with Crippen molar-refractivity contribution >= 4 is 10.9 Å². The van der Waals surface area contributed by atoms with Crippen LogP contribution in [-0.4, -0.2) is 120 Å². The van der Waals surface area contributed by atoms with Gasteiger partial charge in [-0.15, -0.1) is 0 Å². The average molecular weight is 529 g/mol. The van der Waals surface area contributed by atoms with E-state index in [0.717, 1.165) is 0 Å². The molecule has 0 heterocycles. The molecule has 0 amide bonds. The fraction of sp³-hybridized carbons (Fsp3) is 0.739. The quantitative estimate of drug-likeness (QED) is 0.181. The van der Waals surface area contributed by atoms with Crippen molar-refractivity contribution in [1.82, 2.24) is 0 Å². The first-order valence-electron chi connectivity index (χ1n) is 11.6. The van der Waals surface area contributed by atoms with Gasteiger partial charge in [0.05, 0.1) is 104 Å². The third-order valence-electron chi connectivity index (χ3n) is 3.86. The van der Waals surface area contributed by atoms with Crippen LogP contribution in [0.25, 0.3) is 0 Å². The van der Waals surface area contributed by atoms with Crippen molar-refractivity contribution in [2.24, 2.45) is 0 Å². The average Bonchev–Trinajstić information content (AvgIpc) is 2.86. The Bertz CT molecular complexity index is 517. The van der Waals surface area contributed by atoms with Gasteiger partial charge in [-0.3, -0.25) is 4.18 Å². The molecule has 0 fully saturated rings. The Morgan fingerprint density at radius 3 is 1.31 bits per heavy atom. The zero-order valence-electron chi connectivity index (χ0n) is 21.0. The molecule has 3 N–H and O–H groups in total. The zero-order valence-corrected chi connectivity index (χ0v) is 21.8. The van der Waals surface area contributed by atoms with Gasteiger partial charge in [0.15, 0.2) is 0 Å². The maximum Gasteiger partial charge on any atom is 0.115 e. The fourth-order valence-electron chi connectivity index (χ4n) is 2.24. The molecule has 0 saturated heterocycles. The van der Waals surface area contributed by atoms with Gasteiger partial charge >= 0.3 is 0 Å². The second-order valence-electron chi connectivity index (χ2n) is 6.61. The van der Waals surface area contributed by atoms with E-state index >= 15 is 0 Å². The third-order valence-corrected chi connectivity index (χ3v) is 5.31. The van der Waals surface area contributed by atoms with Gasteiger partial charge in [0.2, 0.25) is 0 Å². The summed E-state index contributed by atoms with van der Waals surface area (Å²) in [6.45, 7) is 8.91. The topological polar surface area (TPSA) is 135 Å². The van der Waals surface area contributed by atoms with Crippen LogP contribution in [0.5, 0.6) is 0 Å². The molecule has 1 rings (SSSR count). The maximum atomic E-state index is 9.40. The van der Waals surface area contributed by atoms with E-state index in [0.29, 0.717) is 90.8 Å². The normalized spacial score (nSPS) is 11.8. The SMILES string of the molecule is CCOS(O)(O)c1ccccc1.COCCOCCOCCOCCOCCOCCOCCO. The Labute approximate surface area is 211 Å². The standard InChI is InChI=1S/C15H32O8.C8H12O3S/c1-17-4-5-19-8-9-21-12-13-23-15-14-22-11-10-20-7-6-18-3-2-16;1-2-11-12(9,10)8-6-4-3-5-7-8/h16H,2-15H2,1H3;3-7,9-10H,2H2,1H3. The molecule has 0 atom stereocenters. The van der Waals surface area contributed by atoms with Gasteiger partial charge in [-0.2, -0.15) is 0 Å². The molecule has 0 aliphatic rings. The molecular formula is C23H44O11S. The van der Waals surface area contributed by atoms with Gasteiger partial charge in [-0.1, -0.05) is 18.2 Å². The van der Waals surface area contributed by atoms with Crippen molar-refractivity contribution in [1.29, 1.82) is 0 Å². The summed E-state index contributed by atoms with van der Waals surface area (Å²) in [6, 6.07) is 8.55. The Morgan fingerprint density at radius 1 is 0.600 bits per heavy atom. The molecule has 0 spiro atoms. The minimum atomic E-state index is -3.01. The van der Waals surface area contributed by atoms with Crippen LogP contribution in [0.4, 0.5) is 0 Å². The van der Waals surface area contributed by atoms with Crippen LogP contribution in [0.2, 0.25) is 0 Å². The van der Waals surface area contributed by atoms with Crippen molar-refractivity contribution in [3.05, 3.63) is 30.3 Å². The number of hydrogen-bond acceptors (Lipinski definition) is 11. The second-order valence-corrected chi connectivity index (χ2v) is 8.31. The lowest BCUT2D eigenvalue weighted by Gasteiger charge is -2.25. The summed E-state index contributed by atoms with van der Waals surface area (Å²) >= 11 is 0. The minimum Gasteiger partial charge on any atom is -0.394 e. The van der Waals surface area contributed by atoms with E-state index in [1.165, 1.54) is 0 Å². The molecule has 0 aromatic heterocycles. The van der Waals surface area contributed by atoms with Crippen LogP contribution in [0.15, 0.2) is 35.2 Å². The van der Waals surface area contributed by atoms with Crippen LogP contribution in [0.1, 0.15) is 6.92 Å². The van der Waals surface area contributed by atoms with Crippen LogP contribution in [0.3, 0.4) is 0 Å². The highest BCUT2D eigenvalue weighted by atomic mass is 32.3. The number of methoxy groups -OCH3 is 1. The summed E-state index contributed by atoms with van der Waals surface area (Å²) in [5.74, 6) is 0. The number of aliphatic hydroxyl groups is 1. The molecule has 35 heavy (non-hydrogen) atoms. The zero-order chi connectivity index (χ0) is 25.9. The van der Waals surface area contributed by atoms with E-state index in [1.807, 2.05) is 6.07 Å². The van der Waals surface area contributed by atoms with Crippen molar-refractivity contribution in [2.45, 2.75) is 11.8 Å². The minimum absolute atomic E-state index is 0.0380. The van der Waals surface area contributed by atoms with Gasteiger partial charge < -0.3 is 47.4 Å². The van der Waals surface area contributed by atoms with E-state index in [-0.39, 0.29) is 13.2 Å². The number of rotatable bonds is 23. The van der Waals surface area contributed by atoms with Crippen LogP contribution >= 0.6 is 10.9 Å². The Morgan fingerprint density at radius 2 is 0.971 bits per heavy atom. The molecule has 208 valence electrons. The van der Waals surface area contributed by atoms with Crippen molar-refractivity contribution in [3.8, 4) is 0 Å². The highest BCUT2D eigenvalue weighted by Gasteiger charge is 2.18. The Hall–Kier alpha value is -0.870. The molecule has 0 bridgehead atoms. The van der Waals surface area contributed by atoms with E-state index in [9.17, 15) is 9.11 Å². The van der Waals surface area contributed by atoms with Crippen molar-refractivity contribution < 1.29 is 51.6 Å². The Kier molecular flexibility index (Phi) is 25.5. The number of benzene rings is 1. The maximum absolute atomic E-state index is 9.40. The second kappa shape index (κ2) is 26.2. The molecular weight excluding hydrogens is 484 g/mol. The summed E-state index contributed by atoms with van der Waals surface area (Å²) in [5.41, 5.74) is 0. The van der Waals surface area contributed by atoms with Crippen LogP contribution in [-0.2, 0) is 37.3 Å². The van der Waals surface area contributed by atoms with Crippen LogP contribution < -0.4 is 0 Å². The monoisotopic (exact) mass is 528 g/mol. The summed E-state index contributed by atoms with van der Waals surface area (Å²) in [7, 11) is -1.37. The lowest BCUT2D eigenvalue weighted by atomic mass is 10.4. The van der Waals surface area contributed by atoms with E-state index in [4.69, 9.17) is 42.4 Å². The van der Waals surface area contributed by atoms with Gasteiger partial charge in [0.1, 0.15) is 10.9 Å². The highest BCUT2D eigenvalue weighted by Crippen LogP contribution is 2.48. The lowest BCUT2D eigenvalue weighted by Crippen LogP contribution is -2.14. The first kappa shape index (κ1) is 34.1. The first-order valence-corrected chi connectivity index (χ1v) is 13.1. The van der Waals surface area contributed by atoms with E-state index in [2.05, 4.69) is 0 Å². The van der Waals surface area contributed by atoms with Crippen molar-refractivity contribution in [2.75, 3.05) is 106 Å². The first-order chi connectivity index (χ1) is 17.1. The smallest absolute Gasteiger partial charge is 0.115 e. The van der Waals surface area contributed by atoms with Gasteiger partial charge in [0, 0.05) is 7.11 Å². The van der Waals surface area contributed by atoms with Crippen molar-refractivity contribution in [3.63, 3.8) is 0 Å². The van der Waals surface area contributed by atoms with Gasteiger partial charge in [0.25, 0.3) is 0 Å². The molecule has 0 aliphatic carbocycles. The third kappa shape index (κ3) is 23.3. The van der Waals surface area contributed by atoms with Gasteiger partial charge in [-0.05, 0) is 19.1 Å². The van der Waals surface area contributed by atoms with Crippen LogP contribution in [0, 0.1) is 0 Å². The molecule has 0 unspecified atom stereocenters. The molecule has 12 heteroatoms. The number of ether oxygens (including phenoxy) is 7. The predicted octanol–water partition coefficient (Wildman–Crippen LogP) is 2.47. The van der Waals surface area contributed by atoms with E-state index in [1.54, 1.807) is 38.3 Å². The largest absolute Gasteiger partial charge is 0.394 e. The molecule has 0 radical (unpaired) electrons. The summed E-state index contributed by atoms with van der Waals surface area (Å²) in [4.78, 5) is 0.423. The molecule has 1 aromatic rings. The van der Waals surface area contributed by atoms with Gasteiger partial charge in [-0.25, -0.2) is 0 Å². The summed E-state index contributed by atoms with van der Waals surface area (Å²) in [6.07, 6.45) is 0. The predicted molar refractivity (Wildman–Crippen MR) is 133 cm³/mol.